The molecule has 1 aliphatic heterocycles. The van der Waals surface area contributed by atoms with Crippen LogP contribution in [0.4, 0.5) is 5.69 Å². The van der Waals surface area contributed by atoms with Crippen molar-refractivity contribution in [3.05, 3.63) is 23.8 Å². The van der Waals surface area contributed by atoms with Gasteiger partial charge in [0.25, 0.3) is 5.91 Å². The van der Waals surface area contributed by atoms with E-state index in [0.29, 0.717) is 18.0 Å². The van der Waals surface area contributed by atoms with Crippen LogP contribution in [0.3, 0.4) is 0 Å². The van der Waals surface area contributed by atoms with E-state index >= 15 is 0 Å². The Bertz CT molecular complexity index is 460. The maximum absolute atomic E-state index is 11.5. The van der Waals surface area contributed by atoms with E-state index in [1.807, 2.05) is 12.1 Å². The van der Waals surface area contributed by atoms with Gasteiger partial charge in [-0.25, -0.2) is 0 Å². The molecule has 0 radical (unpaired) electrons. The Morgan fingerprint density at radius 1 is 1.42 bits per heavy atom. The molecule has 0 bridgehead atoms. The molecule has 19 heavy (non-hydrogen) atoms. The summed E-state index contributed by atoms with van der Waals surface area (Å²) in [6.07, 6.45) is -0.482. The Hall–Kier alpha value is -1.63. The molecule has 4 N–H and O–H groups in total. The molecule has 1 aliphatic rings. The Kier molecular flexibility index (Phi) is 4.36. The fourth-order valence-corrected chi connectivity index (χ4v) is 1.81. The molecule has 6 nitrogen and oxygen atoms in total. The van der Waals surface area contributed by atoms with Gasteiger partial charge in [-0.2, -0.15) is 0 Å². The predicted octanol–water partition coefficient (Wildman–Crippen LogP) is -0.151. The topological polar surface area (TPSA) is 90.8 Å². The molecule has 1 heterocycles. The number of amides is 1. The lowest BCUT2D eigenvalue weighted by Gasteiger charge is -2.24. The maximum atomic E-state index is 11.5. The van der Waals surface area contributed by atoms with E-state index in [1.54, 1.807) is 13.0 Å². The summed E-state index contributed by atoms with van der Waals surface area (Å²) < 4.78 is 5.45. The van der Waals surface area contributed by atoms with Gasteiger partial charge in [0.15, 0.2) is 6.10 Å². The molecule has 1 aromatic rings. The molecule has 0 spiro atoms. The number of fused-ring (bicyclic) bond motifs is 1. The van der Waals surface area contributed by atoms with Gasteiger partial charge in [0.1, 0.15) is 5.75 Å². The minimum atomic E-state index is -0.482. The quantitative estimate of drug-likeness (QED) is 0.595. The average molecular weight is 266 g/mol. The van der Waals surface area contributed by atoms with Crippen LogP contribution in [0.1, 0.15) is 12.5 Å². The highest BCUT2D eigenvalue weighted by molar-refractivity contribution is 5.97. The van der Waals surface area contributed by atoms with Crippen LogP contribution in [-0.2, 0) is 11.3 Å². The van der Waals surface area contributed by atoms with E-state index in [4.69, 9.17) is 14.9 Å². The molecule has 0 fully saturated rings. The minimum absolute atomic E-state index is 0.126. The molecule has 104 valence electrons. The second-order valence-corrected chi connectivity index (χ2v) is 4.52. The number of aliphatic hydroxyl groups excluding tert-OH is 2. The summed E-state index contributed by atoms with van der Waals surface area (Å²) in [5, 5.41) is 23.7. The minimum Gasteiger partial charge on any atom is -0.479 e. The van der Waals surface area contributed by atoms with Crippen LogP contribution in [0.5, 0.6) is 5.75 Å². The maximum Gasteiger partial charge on any atom is 0.265 e. The second kappa shape index (κ2) is 6.01. The zero-order valence-corrected chi connectivity index (χ0v) is 10.7. The van der Waals surface area contributed by atoms with Gasteiger partial charge in [0.2, 0.25) is 0 Å². The first kappa shape index (κ1) is 13.8. The lowest BCUT2D eigenvalue weighted by molar-refractivity contribution is -0.122. The number of benzene rings is 1. The van der Waals surface area contributed by atoms with Crippen LogP contribution in [0.25, 0.3) is 0 Å². The number of hydrogen-bond acceptors (Lipinski definition) is 5. The predicted molar refractivity (Wildman–Crippen MR) is 70.0 cm³/mol. The summed E-state index contributed by atoms with van der Waals surface area (Å²) in [4.78, 5) is 11.5. The molecule has 1 amide bonds. The number of ether oxygens (including phenoxy) is 1. The molecule has 0 saturated carbocycles. The van der Waals surface area contributed by atoms with Crippen LogP contribution in [-0.4, -0.2) is 41.5 Å². The lowest BCUT2D eigenvalue weighted by atomic mass is 10.1. The highest BCUT2D eigenvalue weighted by Gasteiger charge is 2.23. The molecule has 1 atom stereocenters. The third kappa shape index (κ3) is 3.23. The third-order valence-corrected chi connectivity index (χ3v) is 3.01. The fourth-order valence-electron chi connectivity index (χ4n) is 1.81. The van der Waals surface area contributed by atoms with Crippen molar-refractivity contribution in [2.45, 2.75) is 25.6 Å². The molecular formula is C13H18N2O4. The van der Waals surface area contributed by atoms with Gasteiger partial charge in [-0.05, 0) is 24.6 Å². The van der Waals surface area contributed by atoms with Gasteiger partial charge >= 0.3 is 0 Å². The van der Waals surface area contributed by atoms with Gasteiger partial charge in [-0.3, -0.25) is 4.79 Å². The summed E-state index contributed by atoms with van der Waals surface area (Å²) in [5.74, 6) is 0.484. The average Bonchev–Trinajstić information content (AvgIpc) is 2.41. The smallest absolute Gasteiger partial charge is 0.265 e. The van der Waals surface area contributed by atoms with Crippen molar-refractivity contribution in [1.29, 1.82) is 0 Å². The number of rotatable bonds is 5. The molecule has 0 aliphatic carbocycles. The van der Waals surface area contributed by atoms with E-state index < -0.39 is 6.10 Å². The van der Waals surface area contributed by atoms with Gasteiger partial charge in [-0.15, -0.1) is 0 Å². The molecule has 6 heteroatoms. The van der Waals surface area contributed by atoms with Crippen molar-refractivity contribution < 1.29 is 19.7 Å². The number of nitrogens with one attached hydrogen (secondary N) is 2. The first-order valence-corrected chi connectivity index (χ1v) is 6.19. The zero-order valence-electron chi connectivity index (χ0n) is 10.7. The second-order valence-electron chi connectivity index (χ2n) is 4.52. The monoisotopic (exact) mass is 266 g/mol. The number of carbonyl (C=O) groups excluding carboxylic acids is 1. The van der Waals surface area contributed by atoms with Crippen molar-refractivity contribution in [2.24, 2.45) is 0 Å². The molecule has 0 aromatic heterocycles. The van der Waals surface area contributed by atoms with Crippen LogP contribution in [0.15, 0.2) is 18.2 Å². The summed E-state index contributed by atoms with van der Waals surface area (Å²) in [6.45, 7) is 1.93. The first-order valence-electron chi connectivity index (χ1n) is 6.19. The summed E-state index contributed by atoms with van der Waals surface area (Å²) in [5.41, 5.74) is 1.58. The van der Waals surface area contributed by atoms with Crippen molar-refractivity contribution in [3.63, 3.8) is 0 Å². The van der Waals surface area contributed by atoms with Crippen molar-refractivity contribution in [3.8, 4) is 5.75 Å². The standard InChI is InChI=1S/C13H18N2O4/c1-8-13(18)15-11-4-9(2-3-12(11)19-8)5-14-10(6-16)7-17/h2-4,8,10,14,16-17H,5-7H2,1H3,(H,15,18). The van der Waals surface area contributed by atoms with Gasteiger partial charge < -0.3 is 25.6 Å². The van der Waals surface area contributed by atoms with E-state index in [-0.39, 0.29) is 25.2 Å². The highest BCUT2D eigenvalue weighted by atomic mass is 16.5. The lowest BCUT2D eigenvalue weighted by Crippen LogP contribution is -2.36. The highest BCUT2D eigenvalue weighted by Crippen LogP contribution is 2.30. The molecule has 1 unspecified atom stereocenters. The summed E-state index contributed by atoms with van der Waals surface area (Å²) in [7, 11) is 0. The van der Waals surface area contributed by atoms with E-state index in [1.165, 1.54) is 0 Å². The Morgan fingerprint density at radius 3 is 2.84 bits per heavy atom. The number of anilines is 1. The largest absolute Gasteiger partial charge is 0.479 e. The SMILES string of the molecule is CC1Oc2ccc(CNC(CO)CO)cc2NC1=O. The van der Waals surface area contributed by atoms with E-state index in [0.717, 1.165) is 5.56 Å². The molecular weight excluding hydrogens is 248 g/mol. The molecule has 1 aromatic carbocycles. The number of carbonyl (C=O) groups is 1. The van der Waals surface area contributed by atoms with Crippen molar-refractivity contribution in [1.82, 2.24) is 5.32 Å². The fraction of sp³-hybridized carbons (Fsp3) is 0.462. The van der Waals surface area contributed by atoms with Crippen molar-refractivity contribution in [2.75, 3.05) is 18.5 Å². The first-order chi connectivity index (χ1) is 9.13. The normalized spacial score (nSPS) is 17.9. The third-order valence-electron chi connectivity index (χ3n) is 3.01. The van der Waals surface area contributed by atoms with Crippen molar-refractivity contribution >= 4 is 11.6 Å². The van der Waals surface area contributed by atoms with Crippen LogP contribution < -0.4 is 15.4 Å². The Labute approximate surface area is 111 Å². The molecule has 0 saturated heterocycles. The van der Waals surface area contributed by atoms with Gasteiger partial charge in [0, 0.05) is 6.54 Å². The van der Waals surface area contributed by atoms with Crippen LogP contribution in [0.2, 0.25) is 0 Å². The van der Waals surface area contributed by atoms with Gasteiger partial charge in [-0.1, -0.05) is 6.07 Å². The van der Waals surface area contributed by atoms with E-state index in [9.17, 15) is 4.79 Å². The van der Waals surface area contributed by atoms with E-state index in [2.05, 4.69) is 10.6 Å². The zero-order chi connectivity index (χ0) is 13.8. The van der Waals surface area contributed by atoms with Crippen LogP contribution in [0, 0.1) is 0 Å². The number of hydrogen-bond donors (Lipinski definition) is 4. The Balaban J connectivity index is 2.05. The number of aliphatic hydroxyl groups is 2. The van der Waals surface area contributed by atoms with Crippen LogP contribution >= 0.6 is 0 Å². The Morgan fingerprint density at radius 2 is 2.16 bits per heavy atom. The molecule has 2 rings (SSSR count). The summed E-state index contributed by atoms with van der Waals surface area (Å²) in [6, 6.07) is 5.15. The van der Waals surface area contributed by atoms with Gasteiger partial charge in [0.05, 0.1) is 24.9 Å². The summed E-state index contributed by atoms with van der Waals surface area (Å²) >= 11 is 0.